The Morgan fingerprint density at radius 1 is 0.909 bits per heavy atom. The van der Waals surface area contributed by atoms with Crippen molar-refractivity contribution in [2.75, 3.05) is 32.8 Å². The summed E-state index contributed by atoms with van der Waals surface area (Å²) in [6.07, 6.45) is 4.55. The topological polar surface area (TPSA) is 61.9 Å². The van der Waals surface area contributed by atoms with E-state index in [4.69, 9.17) is 4.74 Å². The number of carbonyl (C=O) groups excluding carboxylic acids is 2. The summed E-state index contributed by atoms with van der Waals surface area (Å²) in [5, 5.41) is 3.14. The third-order valence-electron chi connectivity index (χ3n) is 6.64. The normalized spacial score (nSPS) is 18.8. The molecular formula is C27H35N3O3. The van der Waals surface area contributed by atoms with E-state index >= 15 is 0 Å². The molecule has 0 saturated carbocycles. The van der Waals surface area contributed by atoms with E-state index in [1.165, 1.54) is 24.0 Å². The molecule has 0 aromatic heterocycles. The molecule has 2 aliphatic rings. The molecule has 2 amide bonds. The van der Waals surface area contributed by atoms with Crippen molar-refractivity contribution in [2.45, 2.75) is 45.2 Å². The van der Waals surface area contributed by atoms with E-state index in [-0.39, 0.29) is 17.7 Å². The number of carbonyl (C=O) groups is 2. The number of rotatable bonds is 9. The Labute approximate surface area is 196 Å². The maximum absolute atomic E-state index is 12.9. The van der Waals surface area contributed by atoms with E-state index in [9.17, 15) is 9.59 Å². The lowest BCUT2D eigenvalue weighted by molar-refractivity contribution is -0.136. The van der Waals surface area contributed by atoms with Gasteiger partial charge in [-0.1, -0.05) is 42.5 Å². The third-order valence-corrected chi connectivity index (χ3v) is 6.64. The van der Waals surface area contributed by atoms with Gasteiger partial charge >= 0.3 is 0 Å². The smallest absolute Gasteiger partial charge is 0.226 e. The maximum atomic E-state index is 12.9. The molecule has 1 atom stereocenters. The van der Waals surface area contributed by atoms with Gasteiger partial charge in [-0.05, 0) is 62.0 Å². The van der Waals surface area contributed by atoms with Crippen molar-refractivity contribution in [1.29, 1.82) is 0 Å². The highest BCUT2D eigenvalue weighted by Crippen LogP contribution is 2.19. The van der Waals surface area contributed by atoms with Crippen LogP contribution < -0.4 is 10.1 Å². The summed E-state index contributed by atoms with van der Waals surface area (Å²) in [5.41, 5.74) is 2.47. The first-order valence-corrected chi connectivity index (χ1v) is 12.2. The molecule has 1 unspecified atom stereocenters. The molecule has 6 heteroatoms. The summed E-state index contributed by atoms with van der Waals surface area (Å²) in [6.45, 7) is 5.36. The Bertz CT molecular complexity index is 912. The van der Waals surface area contributed by atoms with Crippen LogP contribution in [-0.4, -0.2) is 54.4 Å². The zero-order valence-electron chi connectivity index (χ0n) is 19.4. The molecule has 0 spiro atoms. The van der Waals surface area contributed by atoms with E-state index < -0.39 is 0 Å². The van der Waals surface area contributed by atoms with E-state index in [2.05, 4.69) is 28.4 Å². The summed E-state index contributed by atoms with van der Waals surface area (Å²) < 4.78 is 5.66. The largest absolute Gasteiger partial charge is 0.493 e. The number of nitrogens with one attached hydrogen (secondary N) is 1. The Morgan fingerprint density at radius 3 is 2.42 bits per heavy atom. The lowest BCUT2D eigenvalue weighted by Gasteiger charge is -2.32. The van der Waals surface area contributed by atoms with Crippen LogP contribution in [0.3, 0.4) is 0 Å². The number of hydrogen-bond donors (Lipinski definition) is 1. The van der Waals surface area contributed by atoms with Gasteiger partial charge in [0.1, 0.15) is 5.75 Å². The first kappa shape index (κ1) is 23.3. The van der Waals surface area contributed by atoms with Crippen LogP contribution in [0.5, 0.6) is 5.75 Å². The highest BCUT2D eigenvalue weighted by atomic mass is 16.5. The molecule has 0 bridgehead atoms. The number of para-hydroxylation sites is 1. The summed E-state index contributed by atoms with van der Waals surface area (Å²) in [7, 11) is 0. The lowest BCUT2D eigenvalue weighted by atomic mass is 9.96. The second-order valence-corrected chi connectivity index (χ2v) is 9.06. The number of piperidine rings is 1. The molecule has 2 heterocycles. The molecule has 0 radical (unpaired) electrons. The summed E-state index contributed by atoms with van der Waals surface area (Å²) in [4.78, 5) is 29.9. The van der Waals surface area contributed by atoms with Crippen LogP contribution in [0, 0.1) is 5.92 Å². The second-order valence-electron chi connectivity index (χ2n) is 9.06. The number of benzene rings is 2. The molecule has 2 saturated heterocycles. The van der Waals surface area contributed by atoms with Gasteiger partial charge in [-0.2, -0.15) is 0 Å². The lowest BCUT2D eigenvalue weighted by Crippen LogP contribution is -2.45. The molecule has 2 fully saturated rings. The first-order valence-electron chi connectivity index (χ1n) is 12.2. The van der Waals surface area contributed by atoms with E-state index in [1.54, 1.807) is 0 Å². The van der Waals surface area contributed by atoms with Crippen LogP contribution in [0.4, 0.5) is 0 Å². The number of ether oxygens (including phenoxy) is 1. The Morgan fingerprint density at radius 2 is 1.64 bits per heavy atom. The number of nitrogens with zero attached hydrogens (tertiary/aromatic N) is 2. The first-order chi connectivity index (χ1) is 16.2. The highest BCUT2D eigenvalue weighted by molar-refractivity contribution is 5.81. The van der Waals surface area contributed by atoms with Gasteiger partial charge in [-0.15, -0.1) is 0 Å². The minimum atomic E-state index is -0.150. The quantitative estimate of drug-likeness (QED) is 0.635. The summed E-state index contributed by atoms with van der Waals surface area (Å²) in [5.74, 6) is 0.720. The number of hydrogen-bond acceptors (Lipinski definition) is 4. The molecule has 2 aliphatic heterocycles. The highest BCUT2D eigenvalue weighted by Gasteiger charge is 2.28. The van der Waals surface area contributed by atoms with Crippen LogP contribution in [0.25, 0.3) is 0 Å². The van der Waals surface area contributed by atoms with Crippen LogP contribution in [0.15, 0.2) is 54.6 Å². The minimum absolute atomic E-state index is 0.0454. The minimum Gasteiger partial charge on any atom is -0.493 e. The molecule has 33 heavy (non-hydrogen) atoms. The van der Waals surface area contributed by atoms with Gasteiger partial charge in [0.25, 0.3) is 0 Å². The van der Waals surface area contributed by atoms with Gasteiger partial charge < -0.3 is 15.0 Å². The van der Waals surface area contributed by atoms with Crippen molar-refractivity contribution in [3.8, 4) is 5.75 Å². The van der Waals surface area contributed by atoms with Gasteiger partial charge in [-0.3, -0.25) is 14.5 Å². The predicted octanol–water partition coefficient (Wildman–Crippen LogP) is 3.61. The Hall–Kier alpha value is -2.86. The van der Waals surface area contributed by atoms with Crippen molar-refractivity contribution in [1.82, 2.24) is 15.1 Å². The van der Waals surface area contributed by atoms with Crippen LogP contribution in [0.1, 0.15) is 43.2 Å². The van der Waals surface area contributed by atoms with E-state index in [0.717, 1.165) is 38.2 Å². The molecule has 4 rings (SSSR count). The van der Waals surface area contributed by atoms with Gasteiger partial charge in [0.15, 0.2) is 0 Å². The molecule has 2 aromatic carbocycles. The fourth-order valence-electron chi connectivity index (χ4n) is 4.74. The third kappa shape index (κ3) is 6.81. The predicted molar refractivity (Wildman–Crippen MR) is 129 cm³/mol. The summed E-state index contributed by atoms with van der Waals surface area (Å²) >= 11 is 0. The van der Waals surface area contributed by atoms with Crippen LogP contribution >= 0.6 is 0 Å². The molecule has 176 valence electrons. The fourth-order valence-corrected chi connectivity index (χ4v) is 4.74. The number of amides is 2. The SMILES string of the molecule is O=C(NCc1ccccc1CN1CCCC1)C1CCCN(C(=O)CCOc2ccccc2)C1. The van der Waals surface area contributed by atoms with Crippen molar-refractivity contribution in [3.05, 3.63) is 65.7 Å². The van der Waals surface area contributed by atoms with Gasteiger partial charge in [0.05, 0.1) is 18.9 Å². The molecule has 6 nitrogen and oxygen atoms in total. The molecule has 1 N–H and O–H groups in total. The van der Waals surface area contributed by atoms with Gasteiger partial charge in [-0.25, -0.2) is 0 Å². The van der Waals surface area contributed by atoms with Gasteiger partial charge in [0.2, 0.25) is 11.8 Å². The monoisotopic (exact) mass is 449 g/mol. The zero-order valence-corrected chi connectivity index (χ0v) is 19.4. The van der Waals surface area contributed by atoms with Crippen molar-refractivity contribution in [3.63, 3.8) is 0 Å². The zero-order chi connectivity index (χ0) is 22.9. The standard InChI is InChI=1S/C27H35N3O3/c31-26(14-18-33-25-12-2-1-3-13-25)30-17-8-11-24(21-30)27(32)28-19-22-9-4-5-10-23(22)20-29-15-6-7-16-29/h1-5,9-10,12-13,24H,6-8,11,14-21H2,(H,28,32). The molecule has 2 aromatic rings. The average Bonchev–Trinajstić information content (AvgIpc) is 3.37. The summed E-state index contributed by atoms with van der Waals surface area (Å²) in [6, 6.07) is 17.9. The molecular weight excluding hydrogens is 414 g/mol. The average molecular weight is 450 g/mol. The second kappa shape index (κ2) is 11.8. The fraction of sp³-hybridized carbons (Fsp3) is 0.481. The van der Waals surface area contributed by atoms with Crippen LogP contribution in [-0.2, 0) is 22.7 Å². The Kier molecular flexibility index (Phi) is 8.36. The van der Waals surface area contributed by atoms with Gasteiger partial charge in [0, 0.05) is 26.2 Å². The van der Waals surface area contributed by atoms with Crippen molar-refractivity contribution >= 4 is 11.8 Å². The van der Waals surface area contributed by atoms with Crippen LogP contribution in [0.2, 0.25) is 0 Å². The van der Waals surface area contributed by atoms with Crippen molar-refractivity contribution < 1.29 is 14.3 Å². The molecule has 0 aliphatic carbocycles. The number of likely N-dealkylation sites (tertiary alicyclic amines) is 2. The van der Waals surface area contributed by atoms with Crippen molar-refractivity contribution in [2.24, 2.45) is 5.92 Å². The van der Waals surface area contributed by atoms with E-state index in [1.807, 2.05) is 41.3 Å². The Balaban J connectivity index is 1.24. The maximum Gasteiger partial charge on any atom is 0.226 e. The van der Waals surface area contributed by atoms with E-state index in [0.29, 0.717) is 32.7 Å².